The van der Waals surface area contributed by atoms with Crippen LogP contribution < -0.4 is 21.9 Å². The Kier molecular flexibility index (Phi) is 17.1. The Morgan fingerprint density at radius 2 is 1.51 bits per heavy atom. The van der Waals surface area contributed by atoms with Crippen LogP contribution in [0.3, 0.4) is 0 Å². The topological polar surface area (TPSA) is 382 Å². The molecule has 34 heteroatoms. The molecule has 8 heterocycles. The van der Waals surface area contributed by atoms with Crippen molar-refractivity contribution in [1.29, 1.82) is 0 Å². The quantitative estimate of drug-likeness (QED) is 0.0342. The normalized spacial score (nSPS) is 29.0. The van der Waals surface area contributed by atoms with E-state index in [4.69, 9.17) is 64.1 Å². The lowest BCUT2D eigenvalue weighted by molar-refractivity contribution is -0.121. The van der Waals surface area contributed by atoms with Gasteiger partial charge >= 0.3 is 19.5 Å². The summed E-state index contributed by atoms with van der Waals surface area (Å²) in [5.74, 6) is -1.14. The molecule has 3 saturated heterocycles. The average Bonchev–Trinajstić information content (AvgIpc) is 4.14. The summed E-state index contributed by atoms with van der Waals surface area (Å²) in [6.45, 7) is -4.34. The van der Waals surface area contributed by atoms with Crippen molar-refractivity contribution in [1.82, 2.24) is 49.3 Å². The molecule has 0 radical (unpaired) electrons. The molecule has 8 rings (SSSR count). The number of H-pyrrole nitrogens is 1. The van der Waals surface area contributed by atoms with Crippen LogP contribution in [-0.2, 0) is 72.5 Å². The second-order valence-corrected chi connectivity index (χ2v) is 21.2. The predicted octanol–water partition coefficient (Wildman–Crippen LogP) is -0.853. The van der Waals surface area contributed by atoms with Gasteiger partial charge in [-0.05, 0) is 17.9 Å². The number of amides is 4. The number of ether oxygens (including phenoxy) is 6. The lowest BCUT2D eigenvalue weighted by Gasteiger charge is -2.27. The zero-order valence-corrected chi connectivity index (χ0v) is 40.6. The van der Waals surface area contributed by atoms with Crippen molar-refractivity contribution in [3.8, 4) is 0 Å². The molecule has 2 bridgehead atoms. The molecule has 4 unspecified atom stereocenters. The number of nitrogens with two attached hydrogens (primary N) is 1. The largest absolute Gasteiger partial charge is 0.387 e. The number of allylic oxidation sites excluding steroid dienone is 1. The van der Waals surface area contributed by atoms with Crippen LogP contribution in [0.1, 0.15) is 18.9 Å². The van der Waals surface area contributed by atoms with Crippen molar-refractivity contribution < 1.29 is 80.6 Å². The fourth-order valence-corrected chi connectivity index (χ4v) is 10.4. The molecule has 0 saturated carbocycles. The van der Waals surface area contributed by atoms with Crippen molar-refractivity contribution in [3.63, 3.8) is 0 Å². The molecular weight excluding hydrogens is 1030 g/mol. The molecule has 0 aromatic carbocycles. The number of hydrogen-bond acceptors (Lipinski definition) is 24. The maximum atomic E-state index is 13.9. The Bertz CT molecular complexity index is 2780. The number of carbonyl (C=O) groups excluding carboxylic acids is 3. The van der Waals surface area contributed by atoms with Gasteiger partial charge in [-0.1, -0.05) is 18.8 Å². The van der Waals surface area contributed by atoms with Gasteiger partial charge in [0.25, 0.3) is 11.5 Å². The Balaban J connectivity index is 0.792. The van der Waals surface area contributed by atoms with E-state index >= 15 is 0 Å². The number of nitrogen functional groups attached to an aromatic ring is 1. The number of nitrogens with one attached hydrogen (secondary N) is 3. The summed E-state index contributed by atoms with van der Waals surface area (Å²) in [5.41, 5.74) is 5.40. The number of imide groups is 1. The third-order valence-electron chi connectivity index (χ3n) is 10.8. The molecule has 0 aliphatic carbocycles. The zero-order chi connectivity index (χ0) is 50.5. The Morgan fingerprint density at radius 3 is 2.21 bits per heavy atom. The van der Waals surface area contributed by atoms with Crippen LogP contribution >= 0.6 is 25.8 Å². The Morgan fingerprint density at radius 1 is 0.859 bits per heavy atom. The van der Waals surface area contributed by atoms with Crippen molar-refractivity contribution >= 4 is 89.5 Å². The average molecular weight is 1070 g/mol. The molecular formula is C37H48N12O18P2S2. The van der Waals surface area contributed by atoms with Crippen LogP contribution in [0.25, 0.3) is 22.3 Å². The minimum absolute atomic E-state index is 0.0274. The molecule has 386 valence electrons. The van der Waals surface area contributed by atoms with Gasteiger partial charge in [0.1, 0.15) is 43.0 Å². The molecule has 4 amide bonds. The lowest BCUT2D eigenvalue weighted by atomic mass is 10.1. The van der Waals surface area contributed by atoms with E-state index in [1.165, 1.54) is 33.9 Å². The van der Waals surface area contributed by atoms with Crippen LogP contribution in [0.4, 0.5) is 16.6 Å². The minimum atomic E-state index is -4.48. The number of fused-ring (bicyclic) bond motifs is 5. The summed E-state index contributed by atoms with van der Waals surface area (Å²) in [6.07, 6.45) is -5.43. The number of rotatable bonds is 18. The first-order valence-corrected chi connectivity index (χ1v) is 26.8. The molecule has 4 aliphatic heterocycles. The van der Waals surface area contributed by atoms with Crippen molar-refractivity contribution in [2.45, 2.75) is 55.5 Å². The summed E-state index contributed by atoms with van der Waals surface area (Å²) < 4.78 is 73.2. The summed E-state index contributed by atoms with van der Waals surface area (Å²) in [6, 6.07) is -0.575. The number of thiol groups is 1. The fraction of sp³-hybridized carbons (Fsp3) is 0.541. The van der Waals surface area contributed by atoms with Gasteiger partial charge in [-0.2, -0.15) is 4.98 Å². The number of imidazole rings is 2. The molecule has 30 nitrogen and oxygen atoms in total. The smallest absolute Gasteiger partial charge is 0.386 e. The van der Waals surface area contributed by atoms with Crippen LogP contribution in [-0.4, -0.2) is 186 Å². The van der Waals surface area contributed by atoms with Gasteiger partial charge in [0.05, 0.1) is 85.1 Å². The maximum Gasteiger partial charge on any atom is 0.386 e. The highest BCUT2D eigenvalue weighted by atomic mass is 32.7. The fourth-order valence-electron chi connectivity index (χ4n) is 7.49. The number of anilines is 2. The van der Waals surface area contributed by atoms with Crippen LogP contribution in [0.15, 0.2) is 48.2 Å². The number of hydrogen-bond donors (Lipinski definition) is 8. The first kappa shape index (κ1) is 52.6. The molecule has 0 spiro atoms. The van der Waals surface area contributed by atoms with E-state index in [2.05, 4.69) is 59.4 Å². The third-order valence-corrected chi connectivity index (χ3v) is 14.0. The van der Waals surface area contributed by atoms with E-state index in [1.54, 1.807) is 0 Å². The van der Waals surface area contributed by atoms with Gasteiger partial charge < -0.3 is 64.4 Å². The summed E-state index contributed by atoms with van der Waals surface area (Å²) in [5, 5.41) is 28.1. The van der Waals surface area contributed by atoms with Crippen LogP contribution in [0.5, 0.6) is 0 Å². The molecule has 4 aromatic rings. The summed E-state index contributed by atoms with van der Waals surface area (Å²) in [4.78, 5) is 84.4. The standard InChI is InChI=1S/C37H48N12O18P2S2/c1-19-2-3-23(51)49(19)37(55)39-5-7-59-9-11-61-13-12-60-10-8-58-6-4-22(50)44-30-24-31(41-16-40-30)47(17-42-24)35-29-26(52)20(64-35)14-62-68(56,70)66-28-21(15-63-69(57,71)67-29)65-34(27(28)53)48-18-43-25-32(48)45-36(38)46-33(25)54/h2-3,16-18,20-21,26-29,34-35,52-53H,1,4-15H2,(H,39,55)(H,56,70)(H,57,71)(H3,38,45,46,54)(H,40,41,44,50)/t20-,21-,26?,27+,28?,29+,34-,35-,68?,69?/m1/s1. The number of aromatic nitrogens is 8. The van der Waals surface area contributed by atoms with Crippen molar-refractivity contribution in [2.24, 2.45) is 0 Å². The van der Waals surface area contributed by atoms with E-state index < -0.39 is 99.2 Å². The van der Waals surface area contributed by atoms with Gasteiger partial charge in [-0.25, -0.2) is 34.2 Å². The minimum Gasteiger partial charge on any atom is -0.387 e. The number of aliphatic hydroxyl groups excluding tert-OH is 2. The van der Waals surface area contributed by atoms with Gasteiger partial charge in [0.15, 0.2) is 40.6 Å². The van der Waals surface area contributed by atoms with Gasteiger partial charge in [-0.3, -0.25) is 42.1 Å². The zero-order valence-electron chi connectivity index (χ0n) is 37.1. The van der Waals surface area contributed by atoms with Gasteiger partial charge in [0.2, 0.25) is 11.9 Å². The Labute approximate surface area is 411 Å². The lowest BCUT2D eigenvalue weighted by Crippen LogP contribution is -2.41. The van der Waals surface area contributed by atoms with E-state index in [9.17, 15) is 38.8 Å². The number of aliphatic hydroxyl groups is 2. The van der Waals surface area contributed by atoms with Gasteiger partial charge in [-0.15, -0.1) is 0 Å². The second kappa shape index (κ2) is 23.0. The van der Waals surface area contributed by atoms with Crippen molar-refractivity contribution in [3.05, 3.63) is 53.8 Å². The highest BCUT2D eigenvalue weighted by Gasteiger charge is 2.53. The number of aromatic amines is 1. The molecule has 4 aromatic heterocycles. The first-order valence-electron chi connectivity index (χ1n) is 21.5. The summed E-state index contributed by atoms with van der Waals surface area (Å²) in [7, 11) is 0. The van der Waals surface area contributed by atoms with E-state index in [0.29, 0.717) is 18.9 Å². The highest BCUT2D eigenvalue weighted by molar-refractivity contribution is 8.44. The SMILES string of the molecule is C=C1C=CC(=O)N1C(=O)NCCOCCOCCOCCOCCC(=O)Nc1ncnc2c1ncn2[C@@H]1O[C@@H]2COP(O)(=S)OC3[C@@H](COP(=O)(S)O[C@H]1C2O)O[C@@H](n1cnc2c(=O)[nH]c(N)nc21)[C@H]3O. The van der Waals surface area contributed by atoms with E-state index in [-0.39, 0.29) is 86.7 Å². The number of urea groups is 1. The summed E-state index contributed by atoms with van der Waals surface area (Å²) >= 11 is 9.43. The third kappa shape index (κ3) is 12.6. The van der Waals surface area contributed by atoms with Crippen LogP contribution in [0, 0.1) is 0 Å². The maximum absolute atomic E-state index is 13.9. The molecule has 8 N–H and O–H groups in total. The molecule has 10 atom stereocenters. The molecule has 4 aliphatic rings. The molecule has 71 heavy (non-hydrogen) atoms. The number of nitrogens with zero attached hydrogens (tertiary/aromatic N) is 8. The van der Waals surface area contributed by atoms with E-state index in [1.807, 2.05) is 0 Å². The highest BCUT2D eigenvalue weighted by Crippen LogP contribution is 2.58. The van der Waals surface area contributed by atoms with Crippen LogP contribution in [0.2, 0.25) is 0 Å². The first-order chi connectivity index (χ1) is 34.0. The van der Waals surface area contributed by atoms with Crippen molar-refractivity contribution in [2.75, 3.05) is 83.7 Å². The van der Waals surface area contributed by atoms with Gasteiger partial charge in [0, 0.05) is 18.3 Å². The molecule has 3 fully saturated rings. The number of carbonyl (C=O) groups is 3. The Hall–Kier alpha value is -4.70. The monoisotopic (exact) mass is 1070 g/mol. The predicted molar refractivity (Wildman–Crippen MR) is 248 cm³/mol. The van der Waals surface area contributed by atoms with E-state index in [0.717, 1.165) is 11.2 Å². The second-order valence-electron chi connectivity index (χ2n) is 15.6.